The number of aliphatic hydroxyl groups is 1. The van der Waals surface area contributed by atoms with Crippen LogP contribution >= 0.6 is 0 Å². The molecule has 3 aromatic heterocycles. The van der Waals surface area contributed by atoms with Gasteiger partial charge in [0.1, 0.15) is 5.69 Å². The summed E-state index contributed by atoms with van der Waals surface area (Å²) in [5, 5.41) is 15.4. The molecule has 2 aromatic carbocycles. The van der Waals surface area contributed by atoms with Crippen molar-refractivity contribution in [2.24, 2.45) is 0 Å². The van der Waals surface area contributed by atoms with E-state index in [1.807, 2.05) is 63.4 Å². The number of aryl methyl sites for hydroxylation is 3. The summed E-state index contributed by atoms with van der Waals surface area (Å²) >= 11 is 0. The smallest absolute Gasteiger partial charge is 0.394 e. The predicted octanol–water partition coefficient (Wildman–Crippen LogP) is 3.09. The third-order valence-corrected chi connectivity index (χ3v) is 8.49. The Bertz CT molecular complexity index is 1770. The van der Waals surface area contributed by atoms with Gasteiger partial charge in [0.25, 0.3) is 0 Å². The Morgan fingerprint density at radius 2 is 1.71 bits per heavy atom. The SMILES string of the molecule is Cc1cc(-c2c(-c3ccccc3)[nH+]c(N)n3c(=O)n(CCN(C)C4(CO)CCc5ccccc5C4)nc23)cc(C)n1. The molecule has 9 nitrogen and oxygen atoms in total. The molecule has 41 heavy (non-hydrogen) atoms. The molecular formula is C32H36N7O2+. The highest BCUT2D eigenvalue weighted by molar-refractivity contribution is 5.88. The number of benzene rings is 2. The molecule has 1 atom stereocenters. The summed E-state index contributed by atoms with van der Waals surface area (Å²) in [5.41, 5.74) is 14.1. The summed E-state index contributed by atoms with van der Waals surface area (Å²) in [6, 6.07) is 22.4. The number of pyridine rings is 1. The van der Waals surface area contributed by atoms with Crippen LogP contribution in [0.3, 0.4) is 0 Å². The topological polar surface area (TPSA) is 116 Å². The van der Waals surface area contributed by atoms with Gasteiger partial charge in [0.15, 0.2) is 0 Å². The Hall–Kier alpha value is -4.34. The van der Waals surface area contributed by atoms with Crippen molar-refractivity contribution in [3.8, 4) is 22.4 Å². The summed E-state index contributed by atoms with van der Waals surface area (Å²) in [5.74, 6) is 0.213. The van der Waals surface area contributed by atoms with E-state index in [1.165, 1.54) is 20.2 Å². The maximum Gasteiger partial charge on any atom is 0.411 e. The average molecular weight is 551 g/mol. The molecule has 5 aromatic rings. The number of rotatable bonds is 7. The highest BCUT2D eigenvalue weighted by Gasteiger charge is 2.37. The number of likely N-dealkylation sites (N-methyl/N-ethyl adjacent to an activating group) is 1. The summed E-state index contributed by atoms with van der Waals surface area (Å²) in [6.45, 7) is 4.86. The molecule has 6 rings (SSSR count). The van der Waals surface area contributed by atoms with Crippen LogP contribution in [0.4, 0.5) is 5.95 Å². The lowest BCUT2D eigenvalue weighted by Crippen LogP contribution is -2.54. The van der Waals surface area contributed by atoms with Crippen LogP contribution in [0.5, 0.6) is 0 Å². The van der Waals surface area contributed by atoms with Crippen LogP contribution in [0.2, 0.25) is 0 Å². The molecule has 0 amide bonds. The number of nitrogen functional groups attached to an aromatic ring is 1. The number of aliphatic hydroxyl groups excluding tert-OH is 1. The number of nitrogens with two attached hydrogens (primary N) is 1. The molecule has 0 spiro atoms. The van der Waals surface area contributed by atoms with Crippen LogP contribution in [-0.4, -0.2) is 54.9 Å². The van der Waals surface area contributed by atoms with Crippen LogP contribution in [0, 0.1) is 13.8 Å². The fraction of sp³-hybridized carbons (Fsp3) is 0.312. The summed E-state index contributed by atoms with van der Waals surface area (Å²) in [4.78, 5) is 23.7. The number of nitrogens with one attached hydrogen (secondary N) is 1. The van der Waals surface area contributed by atoms with Crippen LogP contribution in [0.15, 0.2) is 71.5 Å². The van der Waals surface area contributed by atoms with Gasteiger partial charge in [-0.05, 0) is 69.0 Å². The van der Waals surface area contributed by atoms with E-state index in [1.54, 1.807) is 0 Å². The summed E-state index contributed by atoms with van der Waals surface area (Å²) in [7, 11) is 2.02. The van der Waals surface area contributed by atoms with Crippen molar-refractivity contribution in [3.63, 3.8) is 0 Å². The maximum atomic E-state index is 13.7. The minimum Gasteiger partial charge on any atom is -0.394 e. The quantitative estimate of drug-likeness (QED) is 0.322. The number of hydrogen-bond acceptors (Lipinski definition) is 6. The van der Waals surface area contributed by atoms with Gasteiger partial charge in [-0.2, -0.15) is 4.68 Å². The van der Waals surface area contributed by atoms with E-state index in [2.05, 4.69) is 39.1 Å². The van der Waals surface area contributed by atoms with Gasteiger partial charge in [-0.15, -0.1) is 9.50 Å². The number of anilines is 1. The molecule has 1 unspecified atom stereocenters. The van der Waals surface area contributed by atoms with E-state index in [4.69, 9.17) is 10.8 Å². The molecule has 0 bridgehead atoms. The van der Waals surface area contributed by atoms with Crippen molar-refractivity contribution in [2.75, 3.05) is 25.9 Å². The van der Waals surface area contributed by atoms with Crippen LogP contribution in [0.25, 0.3) is 28.0 Å². The molecule has 0 fully saturated rings. The highest BCUT2D eigenvalue weighted by atomic mass is 16.3. The zero-order valence-electron chi connectivity index (χ0n) is 23.8. The highest BCUT2D eigenvalue weighted by Crippen LogP contribution is 2.34. The van der Waals surface area contributed by atoms with Gasteiger partial charge in [0, 0.05) is 29.0 Å². The predicted molar refractivity (Wildman–Crippen MR) is 159 cm³/mol. The van der Waals surface area contributed by atoms with Crippen molar-refractivity contribution in [1.29, 1.82) is 0 Å². The number of fused-ring (bicyclic) bond motifs is 2. The Morgan fingerprint density at radius 1 is 1.02 bits per heavy atom. The van der Waals surface area contributed by atoms with Crippen molar-refractivity contribution in [1.82, 2.24) is 24.1 Å². The van der Waals surface area contributed by atoms with E-state index in [-0.39, 0.29) is 23.8 Å². The molecule has 0 saturated heterocycles. The first-order valence-corrected chi connectivity index (χ1v) is 14.0. The minimum absolute atomic E-state index is 0.0468. The first-order chi connectivity index (χ1) is 19.8. The third kappa shape index (κ3) is 4.81. The average Bonchev–Trinajstić information content (AvgIpc) is 3.31. The van der Waals surface area contributed by atoms with E-state index >= 15 is 0 Å². The molecule has 0 radical (unpaired) electrons. The van der Waals surface area contributed by atoms with Crippen molar-refractivity contribution >= 4 is 11.6 Å². The normalized spacial score (nSPS) is 16.8. The summed E-state index contributed by atoms with van der Waals surface area (Å²) in [6.07, 6.45) is 2.53. The second-order valence-electron chi connectivity index (χ2n) is 11.2. The minimum atomic E-state index is -0.387. The second kappa shape index (κ2) is 10.6. The molecule has 1 aliphatic carbocycles. The number of aromatic amines is 1. The van der Waals surface area contributed by atoms with Crippen LogP contribution in [-0.2, 0) is 19.4 Å². The van der Waals surface area contributed by atoms with Crippen molar-refractivity contribution < 1.29 is 10.1 Å². The Kier molecular flexibility index (Phi) is 6.93. The van der Waals surface area contributed by atoms with Gasteiger partial charge in [0.2, 0.25) is 5.65 Å². The fourth-order valence-corrected chi connectivity index (χ4v) is 6.21. The molecule has 0 saturated carbocycles. The third-order valence-electron chi connectivity index (χ3n) is 8.49. The molecular weight excluding hydrogens is 514 g/mol. The largest absolute Gasteiger partial charge is 0.411 e. The van der Waals surface area contributed by atoms with E-state index < -0.39 is 0 Å². The second-order valence-corrected chi connectivity index (χ2v) is 11.2. The number of aromatic nitrogens is 5. The Morgan fingerprint density at radius 3 is 2.41 bits per heavy atom. The first kappa shape index (κ1) is 26.9. The zero-order chi connectivity index (χ0) is 28.7. The van der Waals surface area contributed by atoms with Gasteiger partial charge in [-0.1, -0.05) is 54.6 Å². The zero-order valence-corrected chi connectivity index (χ0v) is 23.8. The monoisotopic (exact) mass is 550 g/mol. The standard InChI is InChI=1S/C32H35N7O2/c1-21-17-26(18-22(2)34-21)27-28(24-10-5-4-6-11-24)35-30(33)39-29(27)36-38(31(39)41)16-15-37(3)32(20-40)14-13-23-9-7-8-12-25(23)19-32/h4-12,17-18,40H,13-16,19-20H2,1-3H3,(H2,33,35)/p+1. The molecule has 1 aliphatic rings. The van der Waals surface area contributed by atoms with Crippen LogP contribution in [0.1, 0.15) is 28.9 Å². The molecule has 210 valence electrons. The van der Waals surface area contributed by atoms with Gasteiger partial charge >= 0.3 is 11.6 Å². The molecule has 9 heteroatoms. The molecule has 3 heterocycles. The Balaban J connectivity index is 1.41. The maximum absolute atomic E-state index is 13.7. The van der Waals surface area contributed by atoms with Gasteiger partial charge in [-0.3, -0.25) is 15.6 Å². The Labute approximate surface area is 238 Å². The molecule has 0 aliphatic heterocycles. The lowest BCUT2D eigenvalue weighted by atomic mass is 9.77. The van der Waals surface area contributed by atoms with E-state index in [9.17, 15) is 9.90 Å². The van der Waals surface area contributed by atoms with E-state index in [0.29, 0.717) is 18.7 Å². The van der Waals surface area contributed by atoms with Gasteiger partial charge in [0.05, 0.1) is 18.7 Å². The number of nitrogens with zero attached hydrogens (tertiary/aromatic N) is 5. The number of hydrogen-bond donors (Lipinski definition) is 2. The van der Waals surface area contributed by atoms with Crippen molar-refractivity contribution in [2.45, 2.75) is 45.2 Å². The van der Waals surface area contributed by atoms with Gasteiger partial charge in [-0.25, -0.2) is 9.78 Å². The lowest BCUT2D eigenvalue weighted by molar-refractivity contribution is -0.351. The number of H-pyrrole nitrogens is 1. The first-order valence-electron chi connectivity index (χ1n) is 14.0. The van der Waals surface area contributed by atoms with E-state index in [0.717, 1.165) is 53.0 Å². The fourth-order valence-electron chi connectivity index (χ4n) is 6.21. The lowest BCUT2D eigenvalue weighted by Gasteiger charge is -2.44. The summed E-state index contributed by atoms with van der Waals surface area (Å²) < 4.78 is 2.93. The van der Waals surface area contributed by atoms with Crippen LogP contribution < -0.4 is 16.4 Å². The van der Waals surface area contributed by atoms with Crippen molar-refractivity contribution in [3.05, 3.63) is 99.7 Å². The molecule has 4 N–H and O–H groups in total. The van der Waals surface area contributed by atoms with Gasteiger partial charge < -0.3 is 5.11 Å².